The third-order valence-electron chi connectivity index (χ3n) is 3.11. The molecule has 4 heteroatoms. The number of allylic oxidation sites excluding steroid dienone is 2. The van der Waals surface area contributed by atoms with Gasteiger partial charge < -0.3 is 10.4 Å². The number of anilines is 1. The van der Waals surface area contributed by atoms with E-state index in [0.717, 1.165) is 12.8 Å². The normalized spacial score (nSPS) is 14.7. The summed E-state index contributed by atoms with van der Waals surface area (Å²) in [5, 5.41) is 11.8. The number of rotatable bonds is 3. The molecule has 2 N–H and O–H groups in total. The Labute approximate surface area is 105 Å². The first-order valence-electron chi connectivity index (χ1n) is 5.87. The average Bonchev–Trinajstić information content (AvgIpc) is 2.85. The number of amides is 1. The van der Waals surface area contributed by atoms with Crippen LogP contribution in [0.1, 0.15) is 28.8 Å². The van der Waals surface area contributed by atoms with Crippen LogP contribution in [0.4, 0.5) is 5.69 Å². The number of nitrogens with one attached hydrogen (secondary N) is 1. The maximum absolute atomic E-state index is 11.9. The van der Waals surface area contributed by atoms with Crippen molar-refractivity contribution in [1.29, 1.82) is 0 Å². The predicted octanol–water partition coefficient (Wildman–Crippen LogP) is 2.60. The zero-order chi connectivity index (χ0) is 13.1. The topological polar surface area (TPSA) is 66.4 Å². The fraction of sp³-hybridized carbons (Fsp3) is 0.286. The van der Waals surface area contributed by atoms with E-state index in [4.69, 9.17) is 5.11 Å². The van der Waals surface area contributed by atoms with E-state index in [0.29, 0.717) is 11.3 Å². The number of aromatic carboxylic acids is 1. The molecule has 0 heterocycles. The molecular formula is C14H15NO3. The lowest BCUT2D eigenvalue weighted by Crippen LogP contribution is -2.20. The summed E-state index contributed by atoms with van der Waals surface area (Å²) in [5.41, 5.74) is 1.44. The third kappa shape index (κ3) is 2.59. The highest BCUT2D eigenvalue weighted by Crippen LogP contribution is 2.21. The lowest BCUT2D eigenvalue weighted by Gasteiger charge is -2.11. The van der Waals surface area contributed by atoms with Crippen LogP contribution >= 0.6 is 0 Å². The molecule has 0 atom stereocenters. The van der Waals surface area contributed by atoms with Crippen LogP contribution < -0.4 is 5.32 Å². The Morgan fingerprint density at radius 3 is 2.56 bits per heavy atom. The summed E-state index contributed by atoms with van der Waals surface area (Å²) in [4.78, 5) is 22.9. The Kier molecular flexibility index (Phi) is 3.46. The standard InChI is InChI=1S/C14H15NO3/c1-9-6-7-11(8-12(9)14(17)18)15-13(16)10-4-2-3-5-10/h2-3,6-8,10H,4-5H2,1H3,(H,15,16)(H,17,18). The van der Waals surface area contributed by atoms with Crippen LogP contribution in [-0.4, -0.2) is 17.0 Å². The summed E-state index contributed by atoms with van der Waals surface area (Å²) in [5.74, 6) is -1.06. The molecule has 0 unspecified atom stereocenters. The first-order valence-corrected chi connectivity index (χ1v) is 5.87. The summed E-state index contributed by atoms with van der Waals surface area (Å²) in [6.45, 7) is 1.73. The molecule has 1 aliphatic rings. The van der Waals surface area contributed by atoms with Gasteiger partial charge in [0.2, 0.25) is 5.91 Å². The number of aryl methyl sites for hydroxylation is 1. The number of carboxylic acids is 1. The Balaban J connectivity index is 2.12. The highest BCUT2D eigenvalue weighted by atomic mass is 16.4. The van der Waals surface area contributed by atoms with Crippen LogP contribution in [-0.2, 0) is 4.79 Å². The molecule has 1 aromatic rings. The minimum Gasteiger partial charge on any atom is -0.478 e. The number of carboxylic acid groups (broad SMARTS) is 1. The van der Waals surface area contributed by atoms with E-state index in [1.807, 2.05) is 12.2 Å². The van der Waals surface area contributed by atoms with E-state index >= 15 is 0 Å². The molecule has 2 rings (SSSR count). The summed E-state index contributed by atoms with van der Waals surface area (Å²) < 4.78 is 0. The van der Waals surface area contributed by atoms with Crippen molar-refractivity contribution in [2.75, 3.05) is 5.32 Å². The molecule has 0 saturated carbocycles. The first kappa shape index (κ1) is 12.4. The SMILES string of the molecule is Cc1ccc(NC(=O)C2CC=CC2)cc1C(=O)O. The monoisotopic (exact) mass is 245 g/mol. The van der Waals surface area contributed by atoms with Gasteiger partial charge in [-0.3, -0.25) is 4.79 Å². The number of benzene rings is 1. The average molecular weight is 245 g/mol. The van der Waals surface area contributed by atoms with E-state index in [-0.39, 0.29) is 17.4 Å². The second kappa shape index (κ2) is 5.04. The van der Waals surface area contributed by atoms with E-state index in [1.54, 1.807) is 19.1 Å². The minimum atomic E-state index is -0.980. The predicted molar refractivity (Wildman–Crippen MR) is 68.6 cm³/mol. The fourth-order valence-electron chi connectivity index (χ4n) is 2.01. The summed E-state index contributed by atoms with van der Waals surface area (Å²) in [7, 11) is 0. The smallest absolute Gasteiger partial charge is 0.336 e. The first-order chi connectivity index (χ1) is 8.58. The van der Waals surface area contributed by atoms with Gasteiger partial charge in [-0.15, -0.1) is 0 Å². The lowest BCUT2D eigenvalue weighted by atomic mass is 10.1. The van der Waals surface area contributed by atoms with Gasteiger partial charge >= 0.3 is 5.97 Å². The largest absolute Gasteiger partial charge is 0.478 e. The number of carbonyl (C=O) groups excluding carboxylic acids is 1. The fourth-order valence-corrected chi connectivity index (χ4v) is 2.01. The maximum atomic E-state index is 11.9. The Morgan fingerprint density at radius 2 is 1.94 bits per heavy atom. The van der Waals surface area contributed by atoms with Gasteiger partial charge in [0.05, 0.1) is 5.56 Å². The molecule has 0 aliphatic heterocycles. The zero-order valence-electron chi connectivity index (χ0n) is 10.1. The molecule has 0 bridgehead atoms. The molecule has 1 aromatic carbocycles. The van der Waals surface area contributed by atoms with Gasteiger partial charge in [-0.1, -0.05) is 18.2 Å². The van der Waals surface area contributed by atoms with Gasteiger partial charge in [-0.2, -0.15) is 0 Å². The quantitative estimate of drug-likeness (QED) is 0.804. The molecule has 4 nitrogen and oxygen atoms in total. The third-order valence-corrected chi connectivity index (χ3v) is 3.11. The van der Waals surface area contributed by atoms with E-state index in [9.17, 15) is 9.59 Å². The molecular weight excluding hydrogens is 230 g/mol. The van der Waals surface area contributed by atoms with Gasteiger partial charge in [0.1, 0.15) is 0 Å². The van der Waals surface area contributed by atoms with Crippen molar-refractivity contribution in [1.82, 2.24) is 0 Å². The zero-order valence-corrected chi connectivity index (χ0v) is 10.1. The van der Waals surface area contributed by atoms with Crippen molar-refractivity contribution in [2.45, 2.75) is 19.8 Å². The molecule has 18 heavy (non-hydrogen) atoms. The number of hydrogen-bond donors (Lipinski definition) is 2. The second-order valence-corrected chi connectivity index (χ2v) is 4.46. The molecule has 0 saturated heterocycles. The van der Waals surface area contributed by atoms with Gasteiger partial charge in [-0.25, -0.2) is 4.79 Å². The van der Waals surface area contributed by atoms with Gasteiger partial charge in [-0.05, 0) is 37.5 Å². The summed E-state index contributed by atoms with van der Waals surface area (Å²) >= 11 is 0. The molecule has 0 radical (unpaired) electrons. The highest BCUT2D eigenvalue weighted by Gasteiger charge is 2.19. The summed E-state index contributed by atoms with van der Waals surface area (Å²) in [6, 6.07) is 4.92. The highest BCUT2D eigenvalue weighted by molar-refractivity contribution is 5.96. The lowest BCUT2D eigenvalue weighted by molar-refractivity contribution is -0.119. The molecule has 0 spiro atoms. The van der Waals surface area contributed by atoms with Gasteiger partial charge in [0, 0.05) is 11.6 Å². The Bertz CT molecular complexity index is 512. The molecule has 1 aliphatic carbocycles. The Morgan fingerprint density at radius 1 is 1.28 bits per heavy atom. The van der Waals surface area contributed by atoms with Crippen LogP contribution in [0.2, 0.25) is 0 Å². The van der Waals surface area contributed by atoms with Crippen LogP contribution in [0.3, 0.4) is 0 Å². The Hall–Kier alpha value is -2.10. The molecule has 94 valence electrons. The van der Waals surface area contributed by atoms with Crippen molar-refractivity contribution < 1.29 is 14.7 Å². The maximum Gasteiger partial charge on any atom is 0.336 e. The van der Waals surface area contributed by atoms with Crippen molar-refractivity contribution in [3.63, 3.8) is 0 Å². The minimum absolute atomic E-state index is 0.0282. The van der Waals surface area contributed by atoms with Crippen molar-refractivity contribution >= 4 is 17.6 Å². The van der Waals surface area contributed by atoms with Crippen molar-refractivity contribution in [3.05, 3.63) is 41.5 Å². The van der Waals surface area contributed by atoms with E-state index in [2.05, 4.69) is 5.32 Å². The van der Waals surface area contributed by atoms with Gasteiger partial charge in [0.15, 0.2) is 0 Å². The second-order valence-electron chi connectivity index (χ2n) is 4.46. The van der Waals surface area contributed by atoms with Crippen LogP contribution in [0.5, 0.6) is 0 Å². The summed E-state index contributed by atoms with van der Waals surface area (Å²) in [6.07, 6.45) is 5.48. The van der Waals surface area contributed by atoms with Gasteiger partial charge in [0.25, 0.3) is 0 Å². The van der Waals surface area contributed by atoms with E-state index in [1.165, 1.54) is 6.07 Å². The molecule has 1 amide bonds. The molecule has 0 fully saturated rings. The van der Waals surface area contributed by atoms with Crippen LogP contribution in [0.25, 0.3) is 0 Å². The van der Waals surface area contributed by atoms with Crippen LogP contribution in [0.15, 0.2) is 30.4 Å². The van der Waals surface area contributed by atoms with Crippen LogP contribution in [0, 0.1) is 12.8 Å². The molecule has 0 aromatic heterocycles. The van der Waals surface area contributed by atoms with Crippen molar-refractivity contribution in [2.24, 2.45) is 5.92 Å². The van der Waals surface area contributed by atoms with E-state index < -0.39 is 5.97 Å². The number of hydrogen-bond acceptors (Lipinski definition) is 2. The van der Waals surface area contributed by atoms with Crippen molar-refractivity contribution in [3.8, 4) is 0 Å². The number of carbonyl (C=O) groups is 2.